The first-order valence-electron chi connectivity index (χ1n) is 7.17. The van der Waals surface area contributed by atoms with E-state index in [0.29, 0.717) is 16.5 Å². The van der Waals surface area contributed by atoms with Crippen LogP contribution in [-0.2, 0) is 0 Å². The van der Waals surface area contributed by atoms with Crippen LogP contribution in [0, 0.1) is 5.92 Å². The number of rotatable bonds is 6. The Morgan fingerprint density at radius 3 is 2.40 bits per heavy atom. The fraction of sp³-hybridized carbons (Fsp3) is 0.562. The summed E-state index contributed by atoms with van der Waals surface area (Å²) in [7, 11) is 0. The number of benzene rings is 1. The van der Waals surface area contributed by atoms with Gasteiger partial charge < -0.3 is 4.90 Å². The number of carbonyl (C=O) groups excluding carboxylic acids is 1. The molecular formula is C16H23BrClNO. The number of amides is 1. The van der Waals surface area contributed by atoms with E-state index in [-0.39, 0.29) is 11.9 Å². The summed E-state index contributed by atoms with van der Waals surface area (Å²) in [6.07, 6.45) is 1.92. The van der Waals surface area contributed by atoms with Gasteiger partial charge in [0.2, 0.25) is 0 Å². The normalized spacial score (nSPS) is 11.2. The van der Waals surface area contributed by atoms with Crippen molar-refractivity contribution in [1.29, 1.82) is 0 Å². The van der Waals surface area contributed by atoms with Gasteiger partial charge in [-0.3, -0.25) is 4.79 Å². The zero-order valence-electron chi connectivity index (χ0n) is 12.6. The van der Waals surface area contributed by atoms with E-state index in [9.17, 15) is 4.79 Å². The van der Waals surface area contributed by atoms with E-state index in [2.05, 4.69) is 43.6 Å². The maximum atomic E-state index is 12.8. The Kier molecular flexibility index (Phi) is 7.04. The summed E-state index contributed by atoms with van der Waals surface area (Å²) < 4.78 is 0.763. The van der Waals surface area contributed by atoms with Gasteiger partial charge in [0, 0.05) is 17.1 Å². The smallest absolute Gasteiger partial charge is 0.255 e. The average Bonchev–Trinajstić information content (AvgIpc) is 2.41. The average molecular weight is 361 g/mol. The first-order valence-corrected chi connectivity index (χ1v) is 8.34. The van der Waals surface area contributed by atoms with Gasteiger partial charge in [0.1, 0.15) is 0 Å². The van der Waals surface area contributed by atoms with Crippen molar-refractivity contribution in [3.8, 4) is 0 Å². The van der Waals surface area contributed by atoms with Gasteiger partial charge >= 0.3 is 0 Å². The quantitative estimate of drug-likeness (QED) is 0.666. The molecule has 0 aromatic heterocycles. The van der Waals surface area contributed by atoms with Gasteiger partial charge in [-0.1, -0.05) is 45.4 Å². The third-order valence-electron chi connectivity index (χ3n) is 3.39. The molecule has 4 heteroatoms. The largest absolute Gasteiger partial charge is 0.335 e. The maximum Gasteiger partial charge on any atom is 0.255 e. The van der Waals surface area contributed by atoms with Crippen LogP contribution < -0.4 is 0 Å². The summed E-state index contributed by atoms with van der Waals surface area (Å²) >= 11 is 9.65. The molecule has 0 radical (unpaired) electrons. The second-order valence-electron chi connectivity index (χ2n) is 5.42. The topological polar surface area (TPSA) is 20.3 Å². The molecule has 0 aliphatic carbocycles. The highest BCUT2D eigenvalue weighted by molar-refractivity contribution is 9.10. The van der Waals surface area contributed by atoms with Crippen molar-refractivity contribution < 1.29 is 4.79 Å². The first kappa shape index (κ1) is 17.5. The Balaban J connectivity index is 3.12. The number of halogens is 2. The lowest BCUT2D eigenvalue weighted by molar-refractivity contribution is 0.0640. The number of nitrogens with zero attached hydrogens (tertiary/aromatic N) is 1. The van der Waals surface area contributed by atoms with E-state index in [1.54, 1.807) is 6.07 Å². The van der Waals surface area contributed by atoms with Gasteiger partial charge in [0.15, 0.2) is 0 Å². The molecule has 0 saturated carbocycles. The second-order valence-corrected chi connectivity index (χ2v) is 6.66. The molecule has 0 unspecified atom stereocenters. The summed E-state index contributed by atoms with van der Waals surface area (Å²) in [5.74, 6) is 0.462. The van der Waals surface area contributed by atoms with Gasteiger partial charge in [-0.05, 0) is 46.8 Å². The zero-order chi connectivity index (χ0) is 15.3. The Labute approximate surface area is 135 Å². The molecule has 0 spiro atoms. The highest BCUT2D eigenvalue weighted by Crippen LogP contribution is 2.28. The molecule has 1 rings (SSSR count). The lowest BCUT2D eigenvalue weighted by Crippen LogP contribution is -2.42. The van der Waals surface area contributed by atoms with Crippen LogP contribution in [0.2, 0.25) is 5.02 Å². The Morgan fingerprint density at radius 2 is 1.90 bits per heavy atom. The third-order valence-corrected chi connectivity index (χ3v) is 4.68. The minimum atomic E-state index is 0.0266. The van der Waals surface area contributed by atoms with Crippen LogP contribution in [0.15, 0.2) is 22.7 Å². The van der Waals surface area contributed by atoms with E-state index >= 15 is 0 Å². The Morgan fingerprint density at radius 1 is 1.30 bits per heavy atom. The molecule has 0 aliphatic heterocycles. The van der Waals surface area contributed by atoms with E-state index in [0.717, 1.165) is 23.9 Å². The number of hydrogen-bond donors (Lipinski definition) is 0. The Bertz CT molecular complexity index is 458. The van der Waals surface area contributed by atoms with E-state index in [1.165, 1.54) is 0 Å². The van der Waals surface area contributed by atoms with Crippen molar-refractivity contribution in [2.24, 2.45) is 5.92 Å². The molecule has 0 aliphatic rings. The van der Waals surface area contributed by atoms with E-state index in [1.807, 2.05) is 17.0 Å². The monoisotopic (exact) mass is 359 g/mol. The van der Waals surface area contributed by atoms with Gasteiger partial charge in [-0.25, -0.2) is 0 Å². The predicted octanol–water partition coefficient (Wildman–Crippen LogP) is 5.39. The van der Waals surface area contributed by atoms with Crippen molar-refractivity contribution in [3.63, 3.8) is 0 Å². The second kappa shape index (κ2) is 8.04. The van der Waals surface area contributed by atoms with Crippen LogP contribution in [0.5, 0.6) is 0 Å². The van der Waals surface area contributed by atoms with Crippen LogP contribution >= 0.6 is 27.5 Å². The summed E-state index contributed by atoms with van der Waals surface area (Å²) in [5, 5.41) is 0.497. The van der Waals surface area contributed by atoms with Gasteiger partial charge in [0.05, 0.1) is 10.6 Å². The molecule has 0 fully saturated rings. The molecule has 0 atom stereocenters. The highest BCUT2D eigenvalue weighted by Gasteiger charge is 2.25. The maximum absolute atomic E-state index is 12.8. The minimum absolute atomic E-state index is 0.0266. The number of hydrogen-bond acceptors (Lipinski definition) is 1. The molecule has 0 heterocycles. The van der Waals surface area contributed by atoms with Gasteiger partial charge in [-0.2, -0.15) is 0 Å². The predicted molar refractivity (Wildman–Crippen MR) is 89.4 cm³/mol. The molecule has 0 saturated heterocycles. The molecule has 1 amide bonds. The minimum Gasteiger partial charge on any atom is -0.335 e. The third kappa shape index (κ3) is 4.23. The van der Waals surface area contributed by atoms with Crippen LogP contribution in [0.3, 0.4) is 0 Å². The number of carbonyl (C=O) groups is 1. The standard InChI is InChI=1S/C16H23BrClNO/c1-5-12(6-2)19(10-11(3)4)16(20)13-8-7-9-14(17)15(13)18/h7-9,11-12H,5-6,10H2,1-4H3. The van der Waals surface area contributed by atoms with Crippen molar-refractivity contribution in [2.45, 2.75) is 46.6 Å². The Hall–Kier alpha value is -0.540. The lowest BCUT2D eigenvalue weighted by Gasteiger charge is -2.32. The van der Waals surface area contributed by atoms with Crippen LogP contribution in [0.1, 0.15) is 50.9 Å². The molecule has 20 heavy (non-hydrogen) atoms. The van der Waals surface area contributed by atoms with E-state index in [4.69, 9.17) is 11.6 Å². The van der Waals surface area contributed by atoms with Crippen molar-refractivity contribution >= 4 is 33.4 Å². The molecule has 112 valence electrons. The summed E-state index contributed by atoms with van der Waals surface area (Å²) in [6, 6.07) is 5.76. The zero-order valence-corrected chi connectivity index (χ0v) is 15.0. The molecule has 1 aromatic carbocycles. The van der Waals surface area contributed by atoms with Gasteiger partial charge in [0.25, 0.3) is 5.91 Å². The first-order chi connectivity index (χ1) is 9.42. The fourth-order valence-corrected chi connectivity index (χ4v) is 2.92. The van der Waals surface area contributed by atoms with E-state index < -0.39 is 0 Å². The molecule has 0 bridgehead atoms. The van der Waals surface area contributed by atoms with Crippen LogP contribution in [0.4, 0.5) is 0 Å². The van der Waals surface area contributed by atoms with Crippen molar-refractivity contribution in [2.75, 3.05) is 6.54 Å². The molecule has 0 N–H and O–H groups in total. The lowest BCUT2D eigenvalue weighted by atomic mass is 10.1. The molecular weight excluding hydrogens is 338 g/mol. The van der Waals surface area contributed by atoms with Gasteiger partial charge in [-0.15, -0.1) is 0 Å². The fourth-order valence-electron chi connectivity index (χ4n) is 2.34. The summed E-state index contributed by atoms with van der Waals surface area (Å²) in [5.41, 5.74) is 0.577. The molecule has 2 nitrogen and oxygen atoms in total. The SMILES string of the molecule is CCC(CC)N(CC(C)C)C(=O)c1cccc(Br)c1Cl. The highest BCUT2D eigenvalue weighted by atomic mass is 79.9. The van der Waals surface area contributed by atoms with Crippen LogP contribution in [0.25, 0.3) is 0 Å². The summed E-state index contributed by atoms with van der Waals surface area (Å²) in [6.45, 7) is 9.26. The molecule has 1 aromatic rings. The van der Waals surface area contributed by atoms with Crippen LogP contribution in [-0.4, -0.2) is 23.4 Å². The summed E-state index contributed by atoms with van der Waals surface area (Å²) in [4.78, 5) is 14.8. The van der Waals surface area contributed by atoms with Crippen molar-refractivity contribution in [3.05, 3.63) is 33.3 Å². The van der Waals surface area contributed by atoms with Crippen molar-refractivity contribution in [1.82, 2.24) is 4.90 Å².